The zero-order valence-electron chi connectivity index (χ0n) is 12.8. The van der Waals surface area contributed by atoms with E-state index in [0.717, 1.165) is 4.88 Å². The van der Waals surface area contributed by atoms with Gasteiger partial charge in [-0.05, 0) is 36.4 Å². The Bertz CT molecular complexity index is 867. The third kappa shape index (κ3) is 4.58. The van der Waals surface area contributed by atoms with E-state index in [1.54, 1.807) is 18.0 Å². The van der Waals surface area contributed by atoms with Crippen molar-refractivity contribution in [2.75, 3.05) is 13.6 Å². The van der Waals surface area contributed by atoms with Crippen molar-refractivity contribution in [2.45, 2.75) is 11.4 Å². The average molecular weight is 383 g/mol. The van der Waals surface area contributed by atoms with Crippen molar-refractivity contribution in [3.05, 3.63) is 51.2 Å². The lowest BCUT2D eigenvalue weighted by Crippen LogP contribution is -2.26. The summed E-state index contributed by atoms with van der Waals surface area (Å²) in [5, 5.41) is 0. The van der Waals surface area contributed by atoms with Crippen molar-refractivity contribution in [3.63, 3.8) is 0 Å². The number of nitrogens with one attached hydrogen (secondary N) is 1. The van der Waals surface area contributed by atoms with Crippen LogP contribution >= 0.6 is 22.9 Å². The van der Waals surface area contributed by atoms with Gasteiger partial charge in [0, 0.05) is 17.5 Å². The minimum absolute atomic E-state index is 0.0574. The number of carbonyl (C=O) groups is 1. The number of thiophene rings is 1. The first-order valence-electron chi connectivity index (χ1n) is 6.86. The molecule has 0 spiro atoms. The average Bonchev–Trinajstić information content (AvgIpc) is 2.97. The molecule has 1 amide bonds. The molecule has 0 radical (unpaired) electrons. The van der Waals surface area contributed by atoms with Crippen molar-refractivity contribution in [2.24, 2.45) is 0 Å². The number of amides is 1. The maximum Gasteiger partial charge on any atom is 0.253 e. The van der Waals surface area contributed by atoms with Gasteiger partial charge >= 0.3 is 0 Å². The van der Waals surface area contributed by atoms with Crippen LogP contribution < -0.4 is 4.72 Å². The molecule has 126 valence electrons. The van der Waals surface area contributed by atoms with Gasteiger partial charge in [-0.3, -0.25) is 4.79 Å². The standard InChI is InChI=1S/C16H15ClN2O3S2/c1-3-10-18-24(21,22)14-7-4-12(5-8-14)16(20)19(2)11-13-6-9-15(17)23-13/h1,4-9,18H,10-11H2,2H3. The first-order valence-corrected chi connectivity index (χ1v) is 9.54. The summed E-state index contributed by atoms with van der Waals surface area (Å²) in [6, 6.07) is 9.35. The van der Waals surface area contributed by atoms with Crippen LogP contribution in [0.25, 0.3) is 0 Å². The maximum absolute atomic E-state index is 12.4. The molecule has 0 atom stereocenters. The lowest BCUT2D eigenvalue weighted by Gasteiger charge is -2.16. The Kier molecular flexibility index (Phi) is 6.02. The molecule has 0 fully saturated rings. The normalized spacial score (nSPS) is 11.0. The van der Waals surface area contributed by atoms with E-state index in [1.807, 2.05) is 6.07 Å². The van der Waals surface area contributed by atoms with Crippen LogP contribution in [0.5, 0.6) is 0 Å². The fraction of sp³-hybridized carbons (Fsp3) is 0.188. The Balaban J connectivity index is 2.09. The summed E-state index contributed by atoms with van der Waals surface area (Å²) in [5.74, 6) is 2.00. The number of rotatable bonds is 6. The smallest absolute Gasteiger partial charge is 0.253 e. The predicted octanol–water partition coefficient (Wildman–Crippen LogP) is 2.59. The van der Waals surface area contributed by atoms with Gasteiger partial charge in [0.2, 0.25) is 10.0 Å². The molecule has 1 aromatic heterocycles. The maximum atomic E-state index is 12.4. The molecule has 0 saturated heterocycles. The number of hydrogen-bond donors (Lipinski definition) is 1. The number of hydrogen-bond acceptors (Lipinski definition) is 4. The number of terminal acetylenes is 1. The molecule has 0 aliphatic carbocycles. The van der Waals surface area contributed by atoms with E-state index < -0.39 is 10.0 Å². The zero-order valence-corrected chi connectivity index (χ0v) is 15.2. The summed E-state index contributed by atoms with van der Waals surface area (Å²) in [4.78, 5) is 15.0. The number of nitrogens with zero attached hydrogens (tertiary/aromatic N) is 1. The third-order valence-electron chi connectivity index (χ3n) is 3.14. The van der Waals surface area contributed by atoms with Crippen LogP contribution in [0, 0.1) is 12.3 Å². The van der Waals surface area contributed by atoms with E-state index in [2.05, 4.69) is 10.6 Å². The van der Waals surface area contributed by atoms with E-state index in [-0.39, 0.29) is 17.3 Å². The Morgan fingerprint density at radius 1 is 1.29 bits per heavy atom. The fourth-order valence-electron chi connectivity index (χ4n) is 1.96. The van der Waals surface area contributed by atoms with Gasteiger partial charge in [0.15, 0.2) is 0 Å². The molecule has 0 unspecified atom stereocenters. The highest BCUT2D eigenvalue weighted by Crippen LogP contribution is 2.23. The Morgan fingerprint density at radius 3 is 2.50 bits per heavy atom. The molecule has 0 aliphatic heterocycles. The first kappa shape index (κ1) is 18.5. The molecule has 0 aliphatic rings. The van der Waals surface area contributed by atoms with E-state index in [1.165, 1.54) is 35.6 Å². The van der Waals surface area contributed by atoms with Crippen molar-refractivity contribution >= 4 is 38.9 Å². The Morgan fingerprint density at radius 2 is 1.96 bits per heavy atom. The van der Waals surface area contributed by atoms with E-state index >= 15 is 0 Å². The summed E-state index contributed by atoms with van der Waals surface area (Å²) >= 11 is 7.29. The minimum Gasteiger partial charge on any atom is -0.337 e. The topological polar surface area (TPSA) is 66.5 Å². The van der Waals surface area contributed by atoms with Gasteiger partial charge in [-0.15, -0.1) is 17.8 Å². The predicted molar refractivity (Wildman–Crippen MR) is 95.6 cm³/mol. The Hall–Kier alpha value is -1.85. The molecule has 0 saturated carbocycles. The summed E-state index contributed by atoms with van der Waals surface area (Å²) in [7, 11) is -1.99. The molecule has 1 N–H and O–H groups in total. The molecule has 1 aromatic carbocycles. The summed E-state index contributed by atoms with van der Waals surface area (Å²) in [6.07, 6.45) is 5.04. The van der Waals surface area contributed by atoms with Gasteiger partial charge in [0.1, 0.15) is 0 Å². The second-order valence-electron chi connectivity index (χ2n) is 4.92. The molecular formula is C16H15ClN2O3S2. The van der Waals surface area contributed by atoms with Crippen molar-refractivity contribution in [1.82, 2.24) is 9.62 Å². The van der Waals surface area contributed by atoms with Gasteiger partial charge < -0.3 is 4.90 Å². The molecule has 5 nitrogen and oxygen atoms in total. The van der Waals surface area contributed by atoms with Crippen molar-refractivity contribution in [3.8, 4) is 12.3 Å². The quantitative estimate of drug-likeness (QED) is 0.781. The van der Waals surface area contributed by atoms with Crippen LogP contribution in [-0.4, -0.2) is 32.8 Å². The van der Waals surface area contributed by atoms with Gasteiger partial charge in [0.05, 0.1) is 22.3 Å². The van der Waals surface area contributed by atoms with Crippen molar-refractivity contribution < 1.29 is 13.2 Å². The van der Waals surface area contributed by atoms with Crippen LogP contribution in [0.15, 0.2) is 41.3 Å². The highest BCUT2D eigenvalue weighted by atomic mass is 35.5. The van der Waals surface area contributed by atoms with E-state index in [9.17, 15) is 13.2 Å². The third-order valence-corrected chi connectivity index (χ3v) is 5.78. The summed E-state index contributed by atoms with van der Waals surface area (Å²) in [5.41, 5.74) is 0.399. The lowest BCUT2D eigenvalue weighted by atomic mass is 10.2. The van der Waals surface area contributed by atoms with E-state index in [0.29, 0.717) is 16.4 Å². The highest BCUT2D eigenvalue weighted by Gasteiger charge is 2.16. The second-order valence-corrected chi connectivity index (χ2v) is 8.49. The number of halogens is 1. The lowest BCUT2D eigenvalue weighted by molar-refractivity contribution is 0.0786. The zero-order chi connectivity index (χ0) is 17.7. The number of carbonyl (C=O) groups excluding carboxylic acids is 1. The summed E-state index contributed by atoms with van der Waals surface area (Å²) < 4.78 is 26.8. The highest BCUT2D eigenvalue weighted by molar-refractivity contribution is 7.89. The van der Waals surface area contributed by atoms with Crippen LogP contribution in [-0.2, 0) is 16.6 Å². The first-order chi connectivity index (χ1) is 11.3. The van der Waals surface area contributed by atoms with Crippen LogP contribution in [0.1, 0.15) is 15.2 Å². The number of benzene rings is 1. The molecular weight excluding hydrogens is 368 g/mol. The number of sulfonamides is 1. The SMILES string of the molecule is C#CCNS(=O)(=O)c1ccc(C(=O)N(C)Cc2ccc(Cl)s2)cc1. The monoisotopic (exact) mass is 382 g/mol. The summed E-state index contributed by atoms with van der Waals surface area (Å²) in [6.45, 7) is 0.342. The second kappa shape index (κ2) is 7.81. The fourth-order valence-corrected chi connectivity index (χ4v) is 4.03. The molecule has 24 heavy (non-hydrogen) atoms. The molecule has 2 aromatic rings. The van der Waals surface area contributed by atoms with Crippen molar-refractivity contribution in [1.29, 1.82) is 0 Å². The van der Waals surface area contributed by atoms with Gasteiger partial charge in [0.25, 0.3) is 5.91 Å². The Labute approximate surface area is 150 Å². The van der Waals surface area contributed by atoms with Crippen LogP contribution in [0.2, 0.25) is 4.34 Å². The largest absolute Gasteiger partial charge is 0.337 e. The van der Waals surface area contributed by atoms with Gasteiger partial charge in [-0.1, -0.05) is 17.5 Å². The van der Waals surface area contributed by atoms with Gasteiger partial charge in [-0.25, -0.2) is 8.42 Å². The molecule has 2 rings (SSSR count). The molecule has 1 heterocycles. The van der Waals surface area contributed by atoms with E-state index in [4.69, 9.17) is 18.0 Å². The van der Waals surface area contributed by atoms with Crippen LogP contribution in [0.3, 0.4) is 0 Å². The van der Waals surface area contributed by atoms with Crippen LogP contribution in [0.4, 0.5) is 0 Å². The van der Waals surface area contributed by atoms with Gasteiger partial charge in [-0.2, -0.15) is 4.72 Å². The molecule has 0 bridgehead atoms. The minimum atomic E-state index is -3.66. The molecule has 8 heteroatoms.